The molecule has 27 heavy (non-hydrogen) atoms. The van der Waals surface area contributed by atoms with Crippen LogP contribution < -0.4 is 20.1 Å². The lowest BCUT2D eigenvalue weighted by Crippen LogP contribution is -2.47. The van der Waals surface area contributed by atoms with E-state index in [2.05, 4.69) is 20.4 Å². The van der Waals surface area contributed by atoms with Crippen LogP contribution >= 0.6 is 24.0 Å². The van der Waals surface area contributed by atoms with Crippen LogP contribution in [0.25, 0.3) is 0 Å². The Morgan fingerprint density at radius 2 is 2.15 bits per heavy atom. The Kier molecular flexibility index (Phi) is 8.33. The van der Waals surface area contributed by atoms with Crippen molar-refractivity contribution in [3.05, 3.63) is 23.8 Å². The van der Waals surface area contributed by atoms with Gasteiger partial charge in [-0.05, 0) is 43.9 Å². The molecule has 0 amide bonds. The number of fused-ring (bicyclic) bond motifs is 2. The molecule has 0 spiro atoms. The van der Waals surface area contributed by atoms with Crippen LogP contribution in [0.2, 0.25) is 0 Å². The van der Waals surface area contributed by atoms with Crippen molar-refractivity contribution in [3.63, 3.8) is 0 Å². The summed E-state index contributed by atoms with van der Waals surface area (Å²) < 4.78 is 40.5. The first-order valence-corrected chi connectivity index (χ1v) is 8.91. The highest BCUT2D eigenvalue weighted by Crippen LogP contribution is 2.34. The summed E-state index contributed by atoms with van der Waals surface area (Å²) in [7, 11) is 1.41. The molecule has 2 aliphatic heterocycles. The SMILES string of the molecule is CCNC(=NCc1ccc(OC)c(OC(F)F)c1)NC1CC2CCC1O2.I. The summed E-state index contributed by atoms with van der Waals surface area (Å²) in [5.74, 6) is 0.970. The van der Waals surface area contributed by atoms with Gasteiger partial charge in [-0.3, -0.25) is 0 Å². The first kappa shape index (κ1) is 21.9. The molecule has 9 heteroatoms. The van der Waals surface area contributed by atoms with Gasteiger partial charge in [-0.15, -0.1) is 24.0 Å². The van der Waals surface area contributed by atoms with Crippen molar-refractivity contribution in [3.8, 4) is 11.5 Å². The number of alkyl halides is 2. The molecule has 2 bridgehead atoms. The van der Waals surface area contributed by atoms with Gasteiger partial charge in [0.05, 0.1) is 31.9 Å². The third kappa shape index (κ3) is 5.81. The number of ether oxygens (including phenoxy) is 3. The maximum Gasteiger partial charge on any atom is 0.387 e. The molecule has 6 nitrogen and oxygen atoms in total. The number of nitrogens with zero attached hydrogens (tertiary/aromatic N) is 1. The number of hydrogen-bond donors (Lipinski definition) is 2. The largest absolute Gasteiger partial charge is 0.493 e. The van der Waals surface area contributed by atoms with Gasteiger partial charge < -0.3 is 24.8 Å². The van der Waals surface area contributed by atoms with Crippen LogP contribution in [0.5, 0.6) is 11.5 Å². The molecule has 3 rings (SSSR count). The van der Waals surface area contributed by atoms with E-state index in [1.165, 1.54) is 13.2 Å². The number of nitrogens with one attached hydrogen (secondary N) is 2. The molecular formula is C18H26F2IN3O3. The molecule has 1 aromatic carbocycles. The van der Waals surface area contributed by atoms with E-state index in [1.54, 1.807) is 12.1 Å². The van der Waals surface area contributed by atoms with Crippen molar-refractivity contribution in [1.82, 2.24) is 10.6 Å². The van der Waals surface area contributed by atoms with E-state index < -0.39 is 6.61 Å². The Labute approximate surface area is 175 Å². The fraction of sp³-hybridized carbons (Fsp3) is 0.611. The Hall–Kier alpha value is -1.36. The molecule has 0 radical (unpaired) electrons. The number of hydrogen-bond acceptors (Lipinski definition) is 4. The minimum atomic E-state index is -2.90. The fourth-order valence-corrected chi connectivity index (χ4v) is 3.46. The summed E-state index contributed by atoms with van der Waals surface area (Å²) in [6.07, 6.45) is 3.81. The lowest BCUT2D eigenvalue weighted by atomic mass is 9.96. The Morgan fingerprint density at radius 1 is 1.33 bits per heavy atom. The highest BCUT2D eigenvalue weighted by Gasteiger charge is 2.41. The molecule has 2 heterocycles. The minimum absolute atomic E-state index is 0. The van der Waals surface area contributed by atoms with Crippen LogP contribution in [0, 0.1) is 0 Å². The van der Waals surface area contributed by atoms with Crippen LogP contribution in [0.3, 0.4) is 0 Å². The average molecular weight is 497 g/mol. The first-order valence-electron chi connectivity index (χ1n) is 8.91. The summed E-state index contributed by atoms with van der Waals surface area (Å²) in [6, 6.07) is 5.18. The van der Waals surface area contributed by atoms with Gasteiger partial charge in [0.1, 0.15) is 0 Å². The molecule has 152 valence electrons. The molecule has 2 saturated heterocycles. The van der Waals surface area contributed by atoms with Gasteiger partial charge in [-0.2, -0.15) is 8.78 Å². The van der Waals surface area contributed by atoms with Crippen molar-refractivity contribution >= 4 is 29.9 Å². The monoisotopic (exact) mass is 497 g/mol. The van der Waals surface area contributed by atoms with Crippen LogP contribution in [-0.4, -0.2) is 44.5 Å². The molecule has 0 saturated carbocycles. The second-order valence-corrected chi connectivity index (χ2v) is 6.42. The molecule has 2 N–H and O–H groups in total. The van der Waals surface area contributed by atoms with E-state index in [4.69, 9.17) is 9.47 Å². The van der Waals surface area contributed by atoms with Gasteiger partial charge in [0.15, 0.2) is 17.5 Å². The number of rotatable bonds is 7. The van der Waals surface area contributed by atoms with Crippen LogP contribution in [-0.2, 0) is 11.3 Å². The second-order valence-electron chi connectivity index (χ2n) is 6.42. The molecule has 1 aromatic rings. The van der Waals surface area contributed by atoms with Gasteiger partial charge in [-0.1, -0.05) is 6.07 Å². The standard InChI is InChI=1S/C18H25F2N3O3.HI/c1-3-21-18(23-13-9-12-5-7-14(13)25-12)22-10-11-4-6-15(24-2)16(8-11)26-17(19)20;/h4,6,8,12-14,17H,3,5,7,9-10H2,1-2H3,(H2,21,22,23);1H. The third-order valence-electron chi connectivity index (χ3n) is 4.64. The second kappa shape index (κ2) is 10.3. The summed E-state index contributed by atoms with van der Waals surface area (Å²) in [6.45, 7) is 0.159. The van der Waals surface area contributed by atoms with Gasteiger partial charge in [0, 0.05) is 6.54 Å². The molecule has 3 atom stereocenters. The van der Waals surface area contributed by atoms with Crippen molar-refractivity contribution in [2.24, 2.45) is 4.99 Å². The lowest BCUT2D eigenvalue weighted by molar-refractivity contribution is -0.0512. The minimum Gasteiger partial charge on any atom is -0.493 e. The lowest BCUT2D eigenvalue weighted by Gasteiger charge is -2.22. The number of guanidine groups is 1. The quantitative estimate of drug-likeness (QED) is 0.344. The highest BCUT2D eigenvalue weighted by molar-refractivity contribution is 14.0. The predicted molar refractivity (Wildman–Crippen MR) is 109 cm³/mol. The molecule has 3 unspecified atom stereocenters. The summed E-state index contributed by atoms with van der Waals surface area (Å²) in [4.78, 5) is 4.56. The van der Waals surface area contributed by atoms with Crippen LogP contribution in [0.15, 0.2) is 23.2 Å². The zero-order valence-electron chi connectivity index (χ0n) is 15.4. The number of aliphatic imine (C=N–C) groups is 1. The Morgan fingerprint density at radius 3 is 2.74 bits per heavy atom. The van der Waals surface area contributed by atoms with Crippen LogP contribution in [0.4, 0.5) is 8.78 Å². The molecule has 0 aliphatic carbocycles. The van der Waals surface area contributed by atoms with E-state index in [-0.39, 0.29) is 47.6 Å². The van der Waals surface area contributed by atoms with E-state index >= 15 is 0 Å². The smallest absolute Gasteiger partial charge is 0.387 e. The zero-order valence-corrected chi connectivity index (χ0v) is 17.7. The van der Waals surface area contributed by atoms with Gasteiger partial charge >= 0.3 is 6.61 Å². The maximum absolute atomic E-state index is 12.5. The number of halogens is 3. The van der Waals surface area contributed by atoms with E-state index in [0.29, 0.717) is 18.6 Å². The van der Waals surface area contributed by atoms with E-state index in [0.717, 1.165) is 31.4 Å². The van der Waals surface area contributed by atoms with Crippen molar-refractivity contribution < 1.29 is 23.0 Å². The van der Waals surface area contributed by atoms with Crippen LogP contribution in [0.1, 0.15) is 31.7 Å². The van der Waals surface area contributed by atoms with Crippen molar-refractivity contribution in [2.45, 2.75) is 57.6 Å². The van der Waals surface area contributed by atoms with E-state index in [9.17, 15) is 8.78 Å². The Balaban J connectivity index is 0.00000261. The predicted octanol–water partition coefficient (Wildman–Crippen LogP) is 3.29. The number of benzene rings is 1. The topological polar surface area (TPSA) is 64.1 Å². The summed E-state index contributed by atoms with van der Waals surface area (Å²) in [5.41, 5.74) is 0.753. The van der Waals surface area contributed by atoms with Gasteiger partial charge in [0.25, 0.3) is 0 Å². The molecule has 0 aromatic heterocycles. The van der Waals surface area contributed by atoms with Gasteiger partial charge in [0.2, 0.25) is 0 Å². The van der Waals surface area contributed by atoms with E-state index in [1.807, 2.05) is 6.92 Å². The van der Waals surface area contributed by atoms with Gasteiger partial charge in [-0.25, -0.2) is 4.99 Å². The normalized spacial score (nSPS) is 23.9. The number of methoxy groups -OCH3 is 1. The average Bonchev–Trinajstić information content (AvgIpc) is 3.22. The fourth-order valence-electron chi connectivity index (χ4n) is 3.46. The molecular weight excluding hydrogens is 471 g/mol. The van der Waals surface area contributed by atoms with Crippen molar-refractivity contribution in [1.29, 1.82) is 0 Å². The highest BCUT2D eigenvalue weighted by atomic mass is 127. The zero-order chi connectivity index (χ0) is 18.5. The maximum atomic E-state index is 12.5. The first-order chi connectivity index (χ1) is 12.6. The molecule has 2 aliphatic rings. The summed E-state index contributed by atoms with van der Waals surface area (Å²) in [5, 5.41) is 6.64. The summed E-state index contributed by atoms with van der Waals surface area (Å²) >= 11 is 0. The third-order valence-corrected chi connectivity index (χ3v) is 4.64. The van der Waals surface area contributed by atoms with Crippen molar-refractivity contribution in [2.75, 3.05) is 13.7 Å². The molecule has 2 fully saturated rings. The Bertz CT molecular complexity index is 648.